The Morgan fingerprint density at radius 1 is 1.07 bits per heavy atom. The maximum Gasteiger partial charge on any atom is 0.522 e. The average molecular weight is 226 g/mol. The molecule has 4 heteroatoms. The molecule has 0 aromatic carbocycles. The van der Waals surface area contributed by atoms with Crippen LogP contribution in [-0.2, 0) is 4.74 Å². The molecule has 0 saturated heterocycles. The molecule has 1 nitrogen and oxygen atoms in total. The maximum atomic E-state index is 11.8. The molecule has 0 bridgehead atoms. The first kappa shape index (κ1) is 14.8. The highest BCUT2D eigenvalue weighted by molar-refractivity contribution is 4.72. The summed E-state index contributed by atoms with van der Waals surface area (Å²) >= 11 is 0. The average Bonchev–Trinajstić information content (AvgIpc) is 2.20. The zero-order valence-electron chi connectivity index (χ0n) is 9.73. The largest absolute Gasteiger partial charge is 0.522 e. The molecule has 0 aromatic rings. The fourth-order valence-corrected chi connectivity index (χ4v) is 1.85. The van der Waals surface area contributed by atoms with Gasteiger partial charge < -0.3 is 0 Å². The summed E-state index contributed by atoms with van der Waals surface area (Å²) in [7, 11) is 0. The summed E-state index contributed by atoms with van der Waals surface area (Å²) in [6.45, 7) is 6.08. The number of halogens is 3. The van der Waals surface area contributed by atoms with Crippen molar-refractivity contribution < 1.29 is 17.9 Å². The van der Waals surface area contributed by atoms with E-state index < -0.39 is 12.5 Å². The van der Waals surface area contributed by atoms with Crippen LogP contribution in [0.3, 0.4) is 0 Å². The Kier molecular flexibility index (Phi) is 6.98. The molecule has 1 saturated carbocycles. The minimum absolute atomic E-state index is 0.554. The lowest BCUT2D eigenvalue weighted by Crippen LogP contribution is -2.28. The minimum Gasteiger partial charge on any atom is -0.289 e. The fraction of sp³-hybridized carbons (Fsp3) is 1.00. The van der Waals surface area contributed by atoms with Gasteiger partial charge >= 0.3 is 6.36 Å². The highest BCUT2D eigenvalue weighted by atomic mass is 19.4. The van der Waals surface area contributed by atoms with E-state index in [0.717, 1.165) is 19.3 Å². The van der Waals surface area contributed by atoms with E-state index in [0.29, 0.717) is 18.8 Å². The summed E-state index contributed by atoms with van der Waals surface area (Å²) in [4.78, 5) is 0. The zero-order valence-corrected chi connectivity index (χ0v) is 9.73. The van der Waals surface area contributed by atoms with Gasteiger partial charge in [-0.15, -0.1) is 13.2 Å². The Morgan fingerprint density at radius 2 is 1.53 bits per heavy atom. The van der Waals surface area contributed by atoms with Crippen LogP contribution in [0.15, 0.2) is 0 Å². The monoisotopic (exact) mass is 226 g/mol. The van der Waals surface area contributed by atoms with Crippen LogP contribution in [-0.4, -0.2) is 12.5 Å². The van der Waals surface area contributed by atoms with Crippen LogP contribution in [0.5, 0.6) is 0 Å². The first-order valence-corrected chi connectivity index (χ1v) is 5.76. The molecule has 0 N–H and O–H groups in total. The van der Waals surface area contributed by atoms with Crippen LogP contribution in [0.25, 0.3) is 0 Å². The van der Waals surface area contributed by atoms with Gasteiger partial charge in [0.1, 0.15) is 0 Å². The summed E-state index contributed by atoms with van der Waals surface area (Å²) in [6, 6.07) is 0. The van der Waals surface area contributed by atoms with Crippen molar-refractivity contribution in [2.75, 3.05) is 0 Å². The molecule has 92 valence electrons. The van der Waals surface area contributed by atoms with Crippen molar-refractivity contribution in [3.63, 3.8) is 0 Å². The molecule has 0 heterocycles. The lowest BCUT2D eigenvalue weighted by atomic mass is 9.86. The van der Waals surface area contributed by atoms with Crippen LogP contribution >= 0.6 is 0 Å². The van der Waals surface area contributed by atoms with Crippen molar-refractivity contribution >= 4 is 0 Å². The summed E-state index contributed by atoms with van der Waals surface area (Å²) in [5, 5.41) is 0. The second-order valence-electron chi connectivity index (χ2n) is 3.61. The topological polar surface area (TPSA) is 9.23 Å². The van der Waals surface area contributed by atoms with Crippen LogP contribution in [0, 0.1) is 5.92 Å². The van der Waals surface area contributed by atoms with Crippen molar-refractivity contribution in [1.29, 1.82) is 0 Å². The Hall–Kier alpha value is -0.250. The van der Waals surface area contributed by atoms with Crippen LogP contribution < -0.4 is 0 Å². The second kappa shape index (κ2) is 7.09. The molecule has 1 fully saturated rings. The highest BCUT2D eigenvalue weighted by Crippen LogP contribution is 2.31. The molecule has 0 spiro atoms. The third-order valence-electron chi connectivity index (χ3n) is 2.67. The molecule has 0 unspecified atom stereocenters. The molecule has 0 amide bonds. The standard InChI is InChI=1S/C9H15F3O.C2H6/c1-2-7-3-5-8(6-4-7)13-9(10,11)12;1-2/h7-8H,2-6H2,1H3;1-2H3. The van der Waals surface area contributed by atoms with Crippen molar-refractivity contribution in [3.05, 3.63) is 0 Å². The van der Waals surface area contributed by atoms with Gasteiger partial charge in [0.05, 0.1) is 6.10 Å². The number of ether oxygens (including phenoxy) is 1. The van der Waals surface area contributed by atoms with E-state index in [2.05, 4.69) is 11.7 Å². The van der Waals surface area contributed by atoms with Crippen LogP contribution in [0.1, 0.15) is 52.9 Å². The number of hydrogen-bond donors (Lipinski definition) is 0. The van der Waals surface area contributed by atoms with Gasteiger partial charge in [0, 0.05) is 0 Å². The molecule has 0 aromatic heterocycles. The predicted octanol–water partition coefficient (Wildman–Crippen LogP) is 4.52. The summed E-state index contributed by atoms with van der Waals surface area (Å²) < 4.78 is 39.4. The SMILES string of the molecule is CC.CCC1CCC(OC(F)(F)F)CC1. The number of alkyl halides is 3. The Bertz CT molecular complexity index is 148. The third kappa shape index (κ3) is 6.77. The number of rotatable bonds is 2. The van der Waals surface area contributed by atoms with Gasteiger partial charge in [-0.3, -0.25) is 4.74 Å². The molecule has 1 aliphatic rings. The zero-order chi connectivity index (χ0) is 11.9. The Morgan fingerprint density at radius 3 is 1.87 bits per heavy atom. The van der Waals surface area contributed by atoms with Crippen molar-refractivity contribution in [3.8, 4) is 0 Å². The third-order valence-corrected chi connectivity index (χ3v) is 2.67. The maximum absolute atomic E-state index is 11.8. The van der Waals surface area contributed by atoms with Gasteiger partial charge in [0.25, 0.3) is 0 Å². The molecular weight excluding hydrogens is 205 g/mol. The van der Waals surface area contributed by atoms with Gasteiger partial charge in [0.15, 0.2) is 0 Å². The van der Waals surface area contributed by atoms with E-state index in [4.69, 9.17) is 0 Å². The Balaban J connectivity index is 0.000000921. The van der Waals surface area contributed by atoms with E-state index in [1.807, 2.05) is 13.8 Å². The first-order chi connectivity index (χ1) is 7.01. The van der Waals surface area contributed by atoms with Crippen molar-refractivity contribution in [2.45, 2.75) is 65.3 Å². The fourth-order valence-electron chi connectivity index (χ4n) is 1.85. The highest BCUT2D eigenvalue weighted by Gasteiger charge is 2.34. The van der Waals surface area contributed by atoms with Gasteiger partial charge in [-0.05, 0) is 31.6 Å². The Labute approximate surface area is 90.0 Å². The van der Waals surface area contributed by atoms with Crippen LogP contribution in [0.4, 0.5) is 13.2 Å². The summed E-state index contributed by atoms with van der Waals surface area (Å²) in [5.74, 6) is 0.605. The van der Waals surface area contributed by atoms with Crippen molar-refractivity contribution in [1.82, 2.24) is 0 Å². The van der Waals surface area contributed by atoms with Gasteiger partial charge in [-0.25, -0.2) is 0 Å². The van der Waals surface area contributed by atoms with Crippen molar-refractivity contribution in [2.24, 2.45) is 5.92 Å². The molecule has 0 radical (unpaired) electrons. The molecule has 1 aliphatic carbocycles. The van der Waals surface area contributed by atoms with E-state index in [1.54, 1.807) is 0 Å². The van der Waals surface area contributed by atoms with Gasteiger partial charge in [0.2, 0.25) is 0 Å². The quantitative estimate of drug-likeness (QED) is 0.672. The summed E-state index contributed by atoms with van der Waals surface area (Å²) in [5.41, 5.74) is 0. The second-order valence-corrected chi connectivity index (χ2v) is 3.61. The van der Waals surface area contributed by atoms with Gasteiger partial charge in [-0.1, -0.05) is 27.2 Å². The molecule has 1 rings (SSSR count). The normalized spacial score (nSPS) is 26.8. The number of hydrogen-bond acceptors (Lipinski definition) is 1. The predicted molar refractivity (Wildman–Crippen MR) is 54.5 cm³/mol. The van der Waals surface area contributed by atoms with Crippen LogP contribution in [0.2, 0.25) is 0 Å². The van der Waals surface area contributed by atoms with E-state index >= 15 is 0 Å². The first-order valence-electron chi connectivity index (χ1n) is 5.76. The van der Waals surface area contributed by atoms with E-state index in [-0.39, 0.29) is 0 Å². The molecule has 15 heavy (non-hydrogen) atoms. The lowest BCUT2D eigenvalue weighted by Gasteiger charge is -2.28. The van der Waals surface area contributed by atoms with E-state index in [1.165, 1.54) is 0 Å². The molecular formula is C11H21F3O. The molecule has 0 aliphatic heterocycles. The smallest absolute Gasteiger partial charge is 0.289 e. The summed E-state index contributed by atoms with van der Waals surface area (Å²) in [6.07, 6.45) is -1.13. The lowest BCUT2D eigenvalue weighted by molar-refractivity contribution is -0.345. The van der Waals surface area contributed by atoms with Gasteiger partial charge in [-0.2, -0.15) is 0 Å². The van der Waals surface area contributed by atoms with E-state index in [9.17, 15) is 13.2 Å². The minimum atomic E-state index is -4.45. The molecule has 0 atom stereocenters.